The van der Waals surface area contributed by atoms with E-state index < -0.39 is 11.0 Å². The number of hydrogen-bond donors (Lipinski definition) is 1. The van der Waals surface area contributed by atoms with E-state index in [1.807, 2.05) is 44.2 Å². The van der Waals surface area contributed by atoms with Crippen molar-refractivity contribution in [2.24, 2.45) is 0 Å². The fraction of sp³-hybridized carbons (Fsp3) is 0.286. The zero-order valence-corrected chi connectivity index (χ0v) is 23.4. The minimum atomic E-state index is -0.765. The Morgan fingerprint density at radius 2 is 1.68 bits per heavy atom. The molecule has 0 aliphatic rings. The largest absolute Gasteiger partial charge is 0.352 e. The van der Waals surface area contributed by atoms with Crippen molar-refractivity contribution in [3.05, 3.63) is 110 Å². The lowest BCUT2D eigenvalue weighted by molar-refractivity contribution is -0.384. The average molecular weight is 575 g/mol. The van der Waals surface area contributed by atoms with E-state index >= 15 is 0 Å². The Morgan fingerprint density at radius 3 is 2.29 bits per heavy atom. The van der Waals surface area contributed by atoms with Gasteiger partial charge >= 0.3 is 0 Å². The first-order chi connectivity index (χ1) is 18.1. The topological polar surface area (TPSA) is 92.6 Å². The summed E-state index contributed by atoms with van der Waals surface area (Å²) < 4.78 is 0. The van der Waals surface area contributed by atoms with Gasteiger partial charge in [-0.3, -0.25) is 19.7 Å². The van der Waals surface area contributed by atoms with Gasteiger partial charge in [-0.15, -0.1) is 11.8 Å². The van der Waals surface area contributed by atoms with Crippen LogP contribution >= 0.6 is 35.0 Å². The van der Waals surface area contributed by atoms with Crippen LogP contribution in [0.1, 0.15) is 30.5 Å². The van der Waals surface area contributed by atoms with Crippen LogP contribution in [0.2, 0.25) is 10.0 Å². The number of nitro groups is 1. The lowest BCUT2D eigenvalue weighted by atomic mass is 10.0. The lowest BCUT2D eigenvalue weighted by Crippen LogP contribution is -2.52. The fourth-order valence-electron chi connectivity index (χ4n) is 3.82. The molecule has 0 saturated heterocycles. The van der Waals surface area contributed by atoms with Crippen LogP contribution in [-0.4, -0.2) is 39.5 Å². The maximum atomic E-state index is 13.6. The van der Waals surface area contributed by atoms with Crippen LogP contribution < -0.4 is 5.32 Å². The molecule has 1 atom stereocenters. The van der Waals surface area contributed by atoms with Gasteiger partial charge in [0.25, 0.3) is 5.69 Å². The number of rotatable bonds is 12. The first-order valence-corrected chi connectivity index (χ1v) is 13.9. The van der Waals surface area contributed by atoms with Crippen molar-refractivity contribution in [3.63, 3.8) is 0 Å². The van der Waals surface area contributed by atoms with E-state index in [2.05, 4.69) is 5.32 Å². The van der Waals surface area contributed by atoms with Crippen molar-refractivity contribution >= 4 is 52.5 Å². The molecule has 7 nitrogen and oxygen atoms in total. The third-order valence-corrected chi connectivity index (χ3v) is 7.27. The van der Waals surface area contributed by atoms with E-state index in [1.54, 1.807) is 35.2 Å². The molecule has 0 unspecified atom stereocenters. The molecule has 1 N–H and O–H groups in total. The van der Waals surface area contributed by atoms with Gasteiger partial charge in [0.1, 0.15) is 6.04 Å². The first kappa shape index (κ1) is 29.5. The van der Waals surface area contributed by atoms with Crippen molar-refractivity contribution in [2.45, 2.75) is 44.6 Å². The summed E-state index contributed by atoms with van der Waals surface area (Å²) in [7, 11) is 0. The molecule has 3 aromatic rings. The van der Waals surface area contributed by atoms with Crippen LogP contribution in [0.4, 0.5) is 5.69 Å². The second-order valence-electron chi connectivity index (χ2n) is 9.04. The van der Waals surface area contributed by atoms with Crippen LogP contribution in [0.3, 0.4) is 0 Å². The summed E-state index contributed by atoms with van der Waals surface area (Å²) in [5.41, 5.74) is 2.48. The number of carbonyl (C=O) groups excluding carboxylic acids is 2. The van der Waals surface area contributed by atoms with Gasteiger partial charge in [0, 0.05) is 46.9 Å². The Labute approximate surface area is 236 Å². The Bertz CT molecular complexity index is 1260. The predicted octanol–water partition coefficient (Wildman–Crippen LogP) is 6.30. The van der Waals surface area contributed by atoms with Crippen molar-refractivity contribution in [1.82, 2.24) is 10.2 Å². The Balaban J connectivity index is 1.85. The molecule has 0 spiro atoms. The molecule has 0 aliphatic carbocycles. The van der Waals surface area contributed by atoms with Crippen LogP contribution in [0.15, 0.2) is 72.8 Å². The average Bonchev–Trinajstić information content (AvgIpc) is 2.87. The molecule has 38 heavy (non-hydrogen) atoms. The SMILES string of the molecule is CC(C)NC(=O)[C@H](Cc1ccccc1)N(Cc1ccc(Cl)cc1Cl)C(=O)CSCc1ccc([N+](=O)[O-])cc1. The molecule has 0 aromatic heterocycles. The number of nitrogens with zero attached hydrogens (tertiary/aromatic N) is 2. The van der Waals surface area contributed by atoms with Crippen LogP contribution in [0, 0.1) is 10.1 Å². The quantitative estimate of drug-likeness (QED) is 0.203. The van der Waals surface area contributed by atoms with E-state index in [0.717, 1.165) is 11.1 Å². The number of non-ortho nitro benzene ring substituents is 1. The van der Waals surface area contributed by atoms with Crippen molar-refractivity contribution < 1.29 is 14.5 Å². The highest BCUT2D eigenvalue weighted by Crippen LogP contribution is 2.25. The second-order valence-corrected chi connectivity index (χ2v) is 10.9. The molecular formula is C28H29Cl2N3O4S. The lowest BCUT2D eigenvalue weighted by Gasteiger charge is -2.32. The summed E-state index contributed by atoms with van der Waals surface area (Å²) in [6, 6.07) is 20.0. The van der Waals surface area contributed by atoms with E-state index in [4.69, 9.17) is 23.2 Å². The smallest absolute Gasteiger partial charge is 0.269 e. The Hall–Kier alpha value is -3.07. The van der Waals surface area contributed by atoms with E-state index in [0.29, 0.717) is 27.8 Å². The minimum absolute atomic E-state index is 0.0146. The van der Waals surface area contributed by atoms with E-state index in [-0.39, 0.29) is 35.8 Å². The molecule has 3 rings (SSSR count). The number of hydrogen-bond acceptors (Lipinski definition) is 5. The van der Waals surface area contributed by atoms with Crippen LogP contribution in [0.25, 0.3) is 0 Å². The number of thioether (sulfide) groups is 1. The Morgan fingerprint density at radius 1 is 1.00 bits per heavy atom. The number of nitrogens with one attached hydrogen (secondary N) is 1. The summed E-state index contributed by atoms with van der Waals surface area (Å²) >= 11 is 13.9. The van der Waals surface area contributed by atoms with Crippen molar-refractivity contribution in [1.29, 1.82) is 0 Å². The van der Waals surface area contributed by atoms with Gasteiger partial charge < -0.3 is 10.2 Å². The summed E-state index contributed by atoms with van der Waals surface area (Å²) in [6.07, 6.45) is 0.337. The zero-order valence-electron chi connectivity index (χ0n) is 21.1. The zero-order chi connectivity index (χ0) is 27.7. The summed E-state index contributed by atoms with van der Waals surface area (Å²) in [5, 5.41) is 14.7. The van der Waals surface area contributed by atoms with Gasteiger partial charge in [0.15, 0.2) is 0 Å². The highest BCUT2D eigenvalue weighted by atomic mass is 35.5. The van der Waals surface area contributed by atoms with Crippen molar-refractivity contribution in [3.8, 4) is 0 Å². The molecular weight excluding hydrogens is 545 g/mol. The fourth-order valence-corrected chi connectivity index (χ4v) is 5.16. The normalized spacial score (nSPS) is 11.7. The number of carbonyl (C=O) groups is 2. The minimum Gasteiger partial charge on any atom is -0.352 e. The molecule has 0 heterocycles. The third-order valence-electron chi connectivity index (χ3n) is 5.70. The monoisotopic (exact) mass is 573 g/mol. The molecule has 2 amide bonds. The molecule has 200 valence electrons. The molecule has 0 radical (unpaired) electrons. The van der Waals surface area contributed by atoms with Gasteiger partial charge in [-0.25, -0.2) is 0 Å². The standard InChI is InChI=1S/C28H29Cl2N3O4S/c1-19(2)31-28(35)26(14-20-6-4-3-5-7-20)32(16-22-10-11-23(29)15-25(22)30)27(34)18-38-17-21-8-12-24(13-9-21)33(36)37/h3-13,15,19,26H,14,16-18H2,1-2H3,(H,31,35)/t26-/m0/s1. The second kappa shape index (κ2) is 14.2. The molecule has 3 aromatic carbocycles. The number of halogens is 2. The highest BCUT2D eigenvalue weighted by molar-refractivity contribution is 7.99. The van der Waals surface area contributed by atoms with Gasteiger partial charge in [0.2, 0.25) is 11.8 Å². The molecule has 10 heteroatoms. The number of benzene rings is 3. The molecule has 0 aliphatic heterocycles. The summed E-state index contributed by atoms with van der Waals surface area (Å²) in [5.74, 6) is 0.133. The highest BCUT2D eigenvalue weighted by Gasteiger charge is 2.31. The van der Waals surface area contributed by atoms with E-state index in [1.165, 1.54) is 23.9 Å². The summed E-state index contributed by atoms with van der Waals surface area (Å²) in [4.78, 5) is 39.1. The first-order valence-electron chi connectivity index (χ1n) is 12.0. The van der Waals surface area contributed by atoms with Crippen LogP contribution in [0.5, 0.6) is 0 Å². The maximum absolute atomic E-state index is 13.6. The molecule has 0 fully saturated rings. The molecule has 0 bridgehead atoms. The predicted molar refractivity (Wildman–Crippen MR) is 153 cm³/mol. The van der Waals surface area contributed by atoms with Gasteiger partial charge in [-0.2, -0.15) is 0 Å². The number of nitro benzene ring substituents is 1. The van der Waals surface area contributed by atoms with Gasteiger partial charge in [-0.05, 0) is 42.7 Å². The third kappa shape index (κ3) is 8.75. The Kier molecular flexibility index (Phi) is 11.0. The maximum Gasteiger partial charge on any atom is 0.269 e. The molecule has 0 saturated carbocycles. The van der Waals surface area contributed by atoms with Crippen molar-refractivity contribution in [2.75, 3.05) is 5.75 Å². The van der Waals surface area contributed by atoms with Gasteiger partial charge in [-0.1, -0.05) is 71.7 Å². The van der Waals surface area contributed by atoms with Crippen LogP contribution in [-0.2, 0) is 28.3 Å². The van der Waals surface area contributed by atoms with E-state index in [9.17, 15) is 19.7 Å². The summed E-state index contributed by atoms with van der Waals surface area (Å²) in [6.45, 7) is 3.88. The van der Waals surface area contributed by atoms with Gasteiger partial charge in [0.05, 0.1) is 10.7 Å². The number of amides is 2.